The van der Waals surface area contributed by atoms with Gasteiger partial charge < -0.3 is 0 Å². The van der Waals surface area contributed by atoms with Crippen LogP contribution in [0.25, 0.3) is 0 Å². The van der Waals surface area contributed by atoms with E-state index < -0.39 is 10.0 Å². The van der Waals surface area contributed by atoms with Gasteiger partial charge in [-0.2, -0.15) is 0 Å². The predicted molar refractivity (Wildman–Crippen MR) is 40.0 cm³/mol. The summed E-state index contributed by atoms with van der Waals surface area (Å²) >= 11 is 0. The second-order valence-electron chi connectivity index (χ2n) is 2.34. The Morgan fingerprint density at radius 3 is 2.70 bits per heavy atom. The number of nitrogens with zero attached hydrogens (tertiary/aromatic N) is 1. The minimum Gasteiger partial charge on any atom is -0.212 e. The third-order valence-electron chi connectivity index (χ3n) is 1.67. The van der Waals surface area contributed by atoms with E-state index in [1.54, 1.807) is 6.92 Å². The van der Waals surface area contributed by atoms with Crippen LogP contribution in [0.15, 0.2) is 0 Å². The summed E-state index contributed by atoms with van der Waals surface area (Å²) in [6.07, 6.45) is 2.90. The lowest BCUT2D eigenvalue weighted by Gasteiger charge is -2.12. The van der Waals surface area contributed by atoms with Gasteiger partial charge >= 0.3 is 0 Å². The number of rotatable bonds is 2. The molecule has 0 aromatic carbocycles. The first-order chi connectivity index (χ1) is 4.67. The third kappa shape index (κ3) is 1.49. The van der Waals surface area contributed by atoms with Crippen LogP contribution in [0.1, 0.15) is 13.3 Å². The predicted octanol–water partition coefficient (Wildman–Crippen LogP) is 0.246. The Kier molecular flexibility index (Phi) is 2.31. The van der Waals surface area contributed by atoms with Crippen molar-refractivity contribution in [3.05, 3.63) is 6.42 Å². The summed E-state index contributed by atoms with van der Waals surface area (Å²) in [6.45, 7) is 2.96. The van der Waals surface area contributed by atoms with Crippen molar-refractivity contribution in [3.63, 3.8) is 0 Å². The largest absolute Gasteiger partial charge is 0.213 e. The van der Waals surface area contributed by atoms with Crippen LogP contribution in [0.2, 0.25) is 0 Å². The fourth-order valence-corrected chi connectivity index (χ4v) is 2.08. The Hall–Kier alpha value is -0.0900. The van der Waals surface area contributed by atoms with Crippen molar-refractivity contribution in [3.8, 4) is 0 Å². The molecule has 3 nitrogen and oxygen atoms in total. The fraction of sp³-hybridized carbons (Fsp3) is 0.833. The Morgan fingerprint density at radius 1 is 1.60 bits per heavy atom. The van der Waals surface area contributed by atoms with Crippen molar-refractivity contribution in [1.29, 1.82) is 0 Å². The molecule has 0 unspecified atom stereocenters. The van der Waals surface area contributed by atoms with Crippen LogP contribution in [0.3, 0.4) is 0 Å². The maximum atomic E-state index is 11.1. The highest BCUT2D eigenvalue weighted by atomic mass is 32.2. The smallest absolute Gasteiger partial charge is 0.212 e. The molecule has 4 heteroatoms. The van der Waals surface area contributed by atoms with E-state index in [2.05, 4.69) is 0 Å². The van der Waals surface area contributed by atoms with E-state index in [0.29, 0.717) is 13.1 Å². The molecule has 0 spiro atoms. The van der Waals surface area contributed by atoms with E-state index >= 15 is 0 Å². The molecule has 0 aromatic rings. The summed E-state index contributed by atoms with van der Waals surface area (Å²) in [7, 11) is -2.90. The zero-order valence-electron chi connectivity index (χ0n) is 6.08. The van der Waals surface area contributed by atoms with Gasteiger partial charge in [-0.05, 0) is 19.8 Å². The lowest BCUT2D eigenvalue weighted by atomic mass is 10.4. The first kappa shape index (κ1) is 8.01. The fourth-order valence-electron chi connectivity index (χ4n) is 0.997. The van der Waals surface area contributed by atoms with E-state index in [1.165, 1.54) is 4.31 Å². The SMILES string of the molecule is CCS(=O)(=O)N1C[CH]CC1. The van der Waals surface area contributed by atoms with Crippen LogP contribution in [0.5, 0.6) is 0 Å². The van der Waals surface area contributed by atoms with E-state index in [9.17, 15) is 8.42 Å². The van der Waals surface area contributed by atoms with Gasteiger partial charge in [0.15, 0.2) is 0 Å². The van der Waals surface area contributed by atoms with Crippen molar-refractivity contribution >= 4 is 10.0 Å². The molecule has 0 aliphatic carbocycles. The summed E-state index contributed by atoms with van der Waals surface area (Å²) in [6, 6.07) is 0. The Bertz CT molecular complexity index is 192. The van der Waals surface area contributed by atoms with Gasteiger partial charge in [-0.1, -0.05) is 0 Å². The Balaban J connectivity index is 2.63. The van der Waals surface area contributed by atoms with Crippen molar-refractivity contribution in [2.75, 3.05) is 18.8 Å². The van der Waals surface area contributed by atoms with Gasteiger partial charge in [0, 0.05) is 13.1 Å². The quantitative estimate of drug-likeness (QED) is 0.583. The van der Waals surface area contributed by atoms with Crippen LogP contribution >= 0.6 is 0 Å². The average Bonchev–Trinajstić information content (AvgIpc) is 2.38. The maximum absolute atomic E-state index is 11.1. The Labute approximate surface area is 62.1 Å². The minimum atomic E-state index is -2.90. The molecule has 1 heterocycles. The summed E-state index contributed by atoms with van der Waals surface area (Å²) in [5, 5.41) is 0. The first-order valence-corrected chi connectivity index (χ1v) is 5.07. The van der Waals surface area contributed by atoms with Gasteiger partial charge in [-0.15, -0.1) is 0 Å². The van der Waals surface area contributed by atoms with E-state index in [0.717, 1.165) is 6.42 Å². The van der Waals surface area contributed by atoms with Crippen molar-refractivity contribution in [1.82, 2.24) is 4.31 Å². The molecule has 0 N–H and O–H groups in total. The van der Waals surface area contributed by atoms with E-state index in [-0.39, 0.29) is 5.75 Å². The zero-order chi connectivity index (χ0) is 7.61. The van der Waals surface area contributed by atoms with E-state index in [4.69, 9.17) is 0 Å². The maximum Gasteiger partial charge on any atom is 0.213 e. The molecule has 10 heavy (non-hydrogen) atoms. The first-order valence-electron chi connectivity index (χ1n) is 3.46. The van der Waals surface area contributed by atoms with Gasteiger partial charge in [0.1, 0.15) is 0 Å². The molecule has 1 rings (SSSR count). The lowest BCUT2D eigenvalue weighted by Crippen LogP contribution is -2.29. The highest BCUT2D eigenvalue weighted by Gasteiger charge is 2.22. The topological polar surface area (TPSA) is 37.4 Å². The van der Waals surface area contributed by atoms with Gasteiger partial charge in [0.2, 0.25) is 10.0 Å². The molecule has 0 atom stereocenters. The van der Waals surface area contributed by atoms with Gasteiger partial charge in [-0.25, -0.2) is 12.7 Å². The molecule has 0 bridgehead atoms. The van der Waals surface area contributed by atoms with Gasteiger partial charge in [0.25, 0.3) is 0 Å². The minimum absolute atomic E-state index is 0.223. The zero-order valence-corrected chi connectivity index (χ0v) is 6.89. The monoisotopic (exact) mass is 162 g/mol. The summed E-state index contributed by atoms with van der Waals surface area (Å²) in [4.78, 5) is 0. The highest BCUT2D eigenvalue weighted by Crippen LogP contribution is 2.11. The molecular formula is C6H12NO2S. The Morgan fingerprint density at radius 2 is 2.30 bits per heavy atom. The van der Waals surface area contributed by atoms with E-state index in [1.807, 2.05) is 6.42 Å². The molecule has 1 aliphatic heterocycles. The molecule has 59 valence electrons. The highest BCUT2D eigenvalue weighted by molar-refractivity contribution is 7.89. The second-order valence-corrected chi connectivity index (χ2v) is 4.59. The molecule has 1 fully saturated rings. The van der Waals surface area contributed by atoms with Crippen LogP contribution in [-0.4, -0.2) is 31.6 Å². The normalized spacial score (nSPS) is 21.7. The summed E-state index contributed by atoms with van der Waals surface area (Å²) < 4.78 is 23.7. The molecule has 0 amide bonds. The molecule has 1 aliphatic rings. The molecule has 1 saturated heterocycles. The average molecular weight is 162 g/mol. The molecule has 1 radical (unpaired) electrons. The van der Waals surface area contributed by atoms with Crippen molar-refractivity contribution in [2.24, 2.45) is 0 Å². The van der Waals surface area contributed by atoms with Crippen LogP contribution in [0.4, 0.5) is 0 Å². The van der Waals surface area contributed by atoms with Crippen molar-refractivity contribution in [2.45, 2.75) is 13.3 Å². The lowest BCUT2D eigenvalue weighted by molar-refractivity contribution is 0.482. The number of hydrogen-bond acceptors (Lipinski definition) is 2. The molecular weight excluding hydrogens is 150 g/mol. The number of hydrogen-bond donors (Lipinski definition) is 0. The third-order valence-corrected chi connectivity index (χ3v) is 3.52. The summed E-state index contributed by atoms with van der Waals surface area (Å²) in [5.74, 6) is 0.223. The standard InChI is InChI=1S/C6H12NO2S/c1-2-10(8,9)7-5-3-4-6-7/h3H,2,4-6H2,1H3. The second kappa shape index (κ2) is 2.88. The van der Waals surface area contributed by atoms with Crippen LogP contribution in [0, 0.1) is 6.42 Å². The van der Waals surface area contributed by atoms with Crippen molar-refractivity contribution < 1.29 is 8.42 Å². The van der Waals surface area contributed by atoms with Gasteiger partial charge in [-0.3, -0.25) is 0 Å². The van der Waals surface area contributed by atoms with Gasteiger partial charge in [0.05, 0.1) is 5.75 Å². The van der Waals surface area contributed by atoms with Crippen LogP contribution < -0.4 is 0 Å². The van der Waals surface area contributed by atoms with Crippen LogP contribution in [-0.2, 0) is 10.0 Å². The molecule has 0 saturated carbocycles. The number of sulfonamides is 1. The molecule has 0 aromatic heterocycles. The summed E-state index contributed by atoms with van der Waals surface area (Å²) in [5.41, 5.74) is 0.